The van der Waals surface area contributed by atoms with Crippen molar-refractivity contribution in [2.75, 3.05) is 33.3 Å². The van der Waals surface area contributed by atoms with Crippen LogP contribution in [0.4, 0.5) is 0 Å². The number of morpholine rings is 1. The Labute approximate surface area is 130 Å². The second-order valence-electron chi connectivity index (χ2n) is 7.96. The molecule has 0 aromatic heterocycles. The zero-order valence-electron chi connectivity index (χ0n) is 14.1. The molecule has 2 aliphatic carbocycles. The van der Waals surface area contributed by atoms with Crippen molar-refractivity contribution in [2.45, 2.75) is 70.4 Å². The minimum Gasteiger partial charge on any atom is -0.375 e. The van der Waals surface area contributed by atoms with Gasteiger partial charge in [-0.15, -0.1) is 0 Å². The van der Waals surface area contributed by atoms with Gasteiger partial charge in [0.15, 0.2) is 0 Å². The van der Waals surface area contributed by atoms with Crippen LogP contribution in [-0.4, -0.2) is 50.3 Å². The van der Waals surface area contributed by atoms with Crippen LogP contribution in [0, 0.1) is 11.3 Å². The van der Waals surface area contributed by atoms with Crippen LogP contribution in [0.2, 0.25) is 0 Å². The molecule has 1 heterocycles. The predicted molar refractivity (Wildman–Crippen MR) is 87.6 cm³/mol. The number of hydrogen-bond donors (Lipinski definition) is 1. The molecule has 1 saturated heterocycles. The van der Waals surface area contributed by atoms with Crippen LogP contribution >= 0.6 is 0 Å². The largest absolute Gasteiger partial charge is 0.375 e. The van der Waals surface area contributed by atoms with E-state index in [0.717, 1.165) is 19.1 Å². The molecule has 1 aliphatic heterocycles. The summed E-state index contributed by atoms with van der Waals surface area (Å²) in [6, 6.07) is 0.707. The first-order chi connectivity index (χ1) is 10.2. The molecule has 2 saturated carbocycles. The Morgan fingerprint density at radius 2 is 2.05 bits per heavy atom. The Balaban J connectivity index is 1.69. The third-order valence-electron chi connectivity index (χ3n) is 6.12. The number of nitrogens with one attached hydrogen (secondary N) is 1. The molecule has 0 radical (unpaired) electrons. The zero-order valence-corrected chi connectivity index (χ0v) is 14.1. The van der Waals surface area contributed by atoms with Crippen molar-refractivity contribution in [1.29, 1.82) is 0 Å². The Morgan fingerprint density at radius 1 is 1.19 bits per heavy atom. The summed E-state index contributed by atoms with van der Waals surface area (Å²) in [4.78, 5) is 2.81. The van der Waals surface area contributed by atoms with E-state index in [1.165, 1.54) is 64.5 Å². The summed E-state index contributed by atoms with van der Waals surface area (Å²) in [6.45, 7) is 7.04. The zero-order chi connectivity index (χ0) is 14.7. The molecule has 122 valence electrons. The van der Waals surface area contributed by atoms with E-state index in [-0.39, 0.29) is 0 Å². The molecular formula is C18H34N2O. The minimum atomic E-state index is 0.506. The smallest absolute Gasteiger partial charge is 0.0730 e. The minimum absolute atomic E-state index is 0.506. The molecule has 0 aromatic rings. The SMILES string of the molecule is CNCC1(CN2CCOC3CCCCC32)CCCC(C)C1. The molecule has 3 heteroatoms. The third kappa shape index (κ3) is 3.62. The lowest BCUT2D eigenvalue weighted by Crippen LogP contribution is -2.57. The number of fused-ring (bicyclic) bond motifs is 1. The van der Waals surface area contributed by atoms with Gasteiger partial charge in [-0.25, -0.2) is 0 Å². The van der Waals surface area contributed by atoms with Gasteiger partial charge >= 0.3 is 0 Å². The van der Waals surface area contributed by atoms with E-state index >= 15 is 0 Å². The van der Waals surface area contributed by atoms with E-state index < -0.39 is 0 Å². The number of hydrogen-bond acceptors (Lipinski definition) is 3. The molecule has 1 N–H and O–H groups in total. The van der Waals surface area contributed by atoms with Gasteiger partial charge in [0, 0.05) is 25.7 Å². The lowest BCUT2D eigenvalue weighted by molar-refractivity contribution is -0.103. The van der Waals surface area contributed by atoms with Crippen LogP contribution in [0.25, 0.3) is 0 Å². The third-order valence-corrected chi connectivity index (χ3v) is 6.12. The van der Waals surface area contributed by atoms with Gasteiger partial charge in [-0.05, 0) is 44.1 Å². The summed E-state index contributed by atoms with van der Waals surface area (Å²) in [5.74, 6) is 0.898. The number of nitrogens with zero attached hydrogens (tertiary/aromatic N) is 1. The van der Waals surface area contributed by atoms with E-state index in [9.17, 15) is 0 Å². The highest BCUT2D eigenvalue weighted by molar-refractivity contribution is 4.94. The number of ether oxygens (including phenoxy) is 1. The molecule has 0 amide bonds. The van der Waals surface area contributed by atoms with Crippen molar-refractivity contribution >= 4 is 0 Å². The molecule has 3 fully saturated rings. The first-order valence-corrected chi connectivity index (χ1v) is 9.23. The number of rotatable bonds is 4. The van der Waals surface area contributed by atoms with E-state index in [0.29, 0.717) is 17.6 Å². The summed E-state index contributed by atoms with van der Waals surface area (Å²) in [6.07, 6.45) is 11.6. The monoisotopic (exact) mass is 294 g/mol. The van der Waals surface area contributed by atoms with Crippen molar-refractivity contribution in [3.8, 4) is 0 Å². The Bertz CT molecular complexity index is 329. The molecule has 4 atom stereocenters. The van der Waals surface area contributed by atoms with Crippen LogP contribution in [-0.2, 0) is 4.74 Å². The average molecular weight is 294 g/mol. The van der Waals surface area contributed by atoms with Crippen molar-refractivity contribution in [3.63, 3.8) is 0 Å². The normalized spacial score (nSPS) is 41.7. The molecule has 3 rings (SSSR count). The molecule has 3 nitrogen and oxygen atoms in total. The van der Waals surface area contributed by atoms with Crippen molar-refractivity contribution in [2.24, 2.45) is 11.3 Å². The maximum Gasteiger partial charge on any atom is 0.0730 e. The maximum atomic E-state index is 6.06. The van der Waals surface area contributed by atoms with Gasteiger partial charge in [0.1, 0.15) is 0 Å². The van der Waals surface area contributed by atoms with E-state index in [4.69, 9.17) is 4.74 Å². The van der Waals surface area contributed by atoms with Gasteiger partial charge in [-0.2, -0.15) is 0 Å². The molecule has 21 heavy (non-hydrogen) atoms. The first-order valence-electron chi connectivity index (χ1n) is 9.23. The summed E-state index contributed by atoms with van der Waals surface area (Å²) in [7, 11) is 2.13. The highest BCUT2D eigenvalue weighted by Crippen LogP contribution is 2.41. The van der Waals surface area contributed by atoms with Gasteiger partial charge in [0.25, 0.3) is 0 Å². The van der Waals surface area contributed by atoms with Crippen LogP contribution in [0.1, 0.15) is 58.3 Å². The summed E-state index contributed by atoms with van der Waals surface area (Å²) in [5, 5.41) is 3.50. The highest BCUT2D eigenvalue weighted by atomic mass is 16.5. The lowest BCUT2D eigenvalue weighted by Gasteiger charge is -2.49. The van der Waals surface area contributed by atoms with Gasteiger partial charge in [-0.1, -0.05) is 32.6 Å². The van der Waals surface area contributed by atoms with Gasteiger partial charge in [-0.3, -0.25) is 4.90 Å². The molecule has 0 spiro atoms. The highest BCUT2D eigenvalue weighted by Gasteiger charge is 2.41. The van der Waals surface area contributed by atoms with Gasteiger partial charge in [0.05, 0.1) is 12.7 Å². The molecular weight excluding hydrogens is 260 g/mol. The fraction of sp³-hybridized carbons (Fsp3) is 1.00. The predicted octanol–water partition coefficient (Wildman–Crippen LogP) is 3.05. The standard InChI is InChI=1S/C18H34N2O/c1-15-6-5-9-18(12-15,13-19-2)14-20-10-11-21-17-8-4-3-7-16(17)20/h15-17,19H,3-14H2,1-2H3. The van der Waals surface area contributed by atoms with Crippen LogP contribution < -0.4 is 5.32 Å². The summed E-state index contributed by atoms with van der Waals surface area (Å²) >= 11 is 0. The molecule has 0 aromatic carbocycles. The fourth-order valence-corrected chi connectivity index (χ4v) is 5.31. The van der Waals surface area contributed by atoms with Crippen LogP contribution in [0.3, 0.4) is 0 Å². The first kappa shape index (κ1) is 15.8. The second-order valence-corrected chi connectivity index (χ2v) is 7.96. The molecule has 3 aliphatic rings. The summed E-state index contributed by atoms with van der Waals surface area (Å²) < 4.78 is 6.06. The average Bonchev–Trinajstić information content (AvgIpc) is 2.48. The molecule has 0 bridgehead atoms. The fourth-order valence-electron chi connectivity index (χ4n) is 5.31. The van der Waals surface area contributed by atoms with Crippen LogP contribution in [0.15, 0.2) is 0 Å². The van der Waals surface area contributed by atoms with Crippen molar-refractivity contribution in [1.82, 2.24) is 10.2 Å². The Kier molecular flexibility index (Phi) is 5.23. The quantitative estimate of drug-likeness (QED) is 0.862. The Hall–Kier alpha value is -0.120. The van der Waals surface area contributed by atoms with Crippen LogP contribution in [0.5, 0.6) is 0 Å². The Morgan fingerprint density at radius 3 is 2.86 bits per heavy atom. The van der Waals surface area contributed by atoms with Crippen molar-refractivity contribution < 1.29 is 4.74 Å². The van der Waals surface area contributed by atoms with Gasteiger partial charge < -0.3 is 10.1 Å². The lowest BCUT2D eigenvalue weighted by atomic mass is 9.69. The summed E-state index contributed by atoms with van der Waals surface area (Å²) in [5.41, 5.74) is 0.506. The van der Waals surface area contributed by atoms with E-state index in [1.807, 2.05) is 0 Å². The second kappa shape index (κ2) is 6.97. The topological polar surface area (TPSA) is 24.5 Å². The maximum absolute atomic E-state index is 6.06. The van der Waals surface area contributed by atoms with E-state index in [1.54, 1.807) is 0 Å². The van der Waals surface area contributed by atoms with E-state index in [2.05, 4.69) is 24.2 Å². The van der Waals surface area contributed by atoms with Gasteiger partial charge in [0.2, 0.25) is 0 Å². The van der Waals surface area contributed by atoms with Crippen molar-refractivity contribution in [3.05, 3.63) is 0 Å². The molecule has 4 unspecified atom stereocenters.